The number of likely N-dealkylation sites (N-methyl/N-ethyl adjacent to an activating group) is 1. The van der Waals surface area contributed by atoms with Crippen LogP contribution in [0.3, 0.4) is 0 Å². The zero-order chi connectivity index (χ0) is 13.2. The molecule has 0 aliphatic heterocycles. The summed E-state index contributed by atoms with van der Waals surface area (Å²) in [5.41, 5.74) is -0.631. The summed E-state index contributed by atoms with van der Waals surface area (Å²) in [4.78, 5) is 24.4. The van der Waals surface area contributed by atoms with Crippen molar-refractivity contribution in [2.45, 2.75) is 57.9 Å². The van der Waals surface area contributed by atoms with Gasteiger partial charge in [-0.1, -0.05) is 26.2 Å². The summed E-state index contributed by atoms with van der Waals surface area (Å²) >= 11 is 0. The first-order chi connectivity index (χ1) is 8.59. The molecular formula is C14H24N2O2. The van der Waals surface area contributed by atoms with Crippen molar-refractivity contribution in [2.75, 3.05) is 6.54 Å². The van der Waals surface area contributed by atoms with Crippen molar-refractivity contribution in [3.05, 3.63) is 0 Å². The fraction of sp³-hybridized carbons (Fsp3) is 0.857. The van der Waals surface area contributed by atoms with Crippen LogP contribution < -0.4 is 10.6 Å². The largest absolute Gasteiger partial charge is 0.354 e. The highest BCUT2D eigenvalue weighted by Gasteiger charge is 2.46. The van der Waals surface area contributed by atoms with Crippen molar-refractivity contribution in [1.82, 2.24) is 10.6 Å². The zero-order valence-corrected chi connectivity index (χ0v) is 11.4. The molecule has 2 aliphatic carbocycles. The van der Waals surface area contributed by atoms with Crippen molar-refractivity contribution in [1.29, 1.82) is 0 Å². The van der Waals surface area contributed by atoms with Gasteiger partial charge in [-0.15, -0.1) is 0 Å². The van der Waals surface area contributed by atoms with E-state index in [9.17, 15) is 9.59 Å². The van der Waals surface area contributed by atoms with Crippen molar-refractivity contribution in [3.63, 3.8) is 0 Å². The lowest BCUT2D eigenvalue weighted by atomic mass is 9.80. The molecular weight excluding hydrogens is 228 g/mol. The van der Waals surface area contributed by atoms with Crippen LogP contribution in [0.25, 0.3) is 0 Å². The molecule has 0 heterocycles. The Hall–Kier alpha value is -1.06. The van der Waals surface area contributed by atoms with E-state index in [2.05, 4.69) is 17.6 Å². The van der Waals surface area contributed by atoms with Crippen LogP contribution in [0.4, 0.5) is 0 Å². The number of nitrogens with one attached hydrogen (secondary N) is 2. The topological polar surface area (TPSA) is 58.2 Å². The zero-order valence-electron chi connectivity index (χ0n) is 11.4. The van der Waals surface area contributed by atoms with Gasteiger partial charge in [-0.05, 0) is 32.1 Å². The molecule has 2 aliphatic rings. The Kier molecular flexibility index (Phi) is 3.93. The Labute approximate surface area is 109 Å². The number of hydrogen-bond donors (Lipinski definition) is 2. The molecule has 2 fully saturated rings. The van der Waals surface area contributed by atoms with Gasteiger partial charge in [0.25, 0.3) is 0 Å². The van der Waals surface area contributed by atoms with E-state index in [-0.39, 0.29) is 17.7 Å². The molecule has 0 spiro atoms. The van der Waals surface area contributed by atoms with Gasteiger partial charge < -0.3 is 10.6 Å². The molecule has 0 aromatic heterocycles. The minimum absolute atomic E-state index is 0.00588. The van der Waals surface area contributed by atoms with Gasteiger partial charge in [-0.2, -0.15) is 0 Å². The Balaban J connectivity index is 2.04. The summed E-state index contributed by atoms with van der Waals surface area (Å²) in [6.45, 7) is 4.62. The molecule has 2 rings (SSSR count). The molecule has 2 N–H and O–H groups in total. The lowest BCUT2D eigenvalue weighted by molar-refractivity contribution is -0.135. The van der Waals surface area contributed by atoms with E-state index in [0.717, 1.165) is 38.5 Å². The molecule has 2 amide bonds. The fourth-order valence-corrected chi connectivity index (χ4v) is 2.91. The third-order valence-electron chi connectivity index (χ3n) is 4.29. The second-order valence-electron chi connectivity index (χ2n) is 5.81. The number of hydrogen-bond acceptors (Lipinski definition) is 2. The second kappa shape index (κ2) is 5.29. The van der Waals surface area contributed by atoms with E-state index in [1.165, 1.54) is 0 Å². The van der Waals surface area contributed by atoms with Crippen LogP contribution in [0.2, 0.25) is 0 Å². The molecule has 2 atom stereocenters. The maximum Gasteiger partial charge on any atom is 0.245 e. The van der Waals surface area contributed by atoms with Gasteiger partial charge >= 0.3 is 0 Å². The number of carbonyl (C=O) groups excluding carboxylic acids is 2. The molecule has 0 radical (unpaired) electrons. The van der Waals surface area contributed by atoms with Crippen LogP contribution in [0.1, 0.15) is 52.4 Å². The molecule has 0 saturated heterocycles. The standard InChI is InChI=1S/C14H24N2O2/c1-3-15-13(18)14(7-5-4-6-8-14)16-12(17)11-9-10(11)2/h10-11H,3-9H2,1-2H3,(H,15,18)(H,16,17)/t10-,11+/m0/s1. The van der Waals surface area contributed by atoms with Gasteiger partial charge in [0, 0.05) is 12.5 Å². The first kappa shape index (κ1) is 13.4. The first-order valence-corrected chi connectivity index (χ1v) is 7.19. The SMILES string of the molecule is CCNC(=O)C1(NC(=O)[C@@H]2C[C@@H]2C)CCCCC1. The highest BCUT2D eigenvalue weighted by molar-refractivity contribution is 5.93. The van der Waals surface area contributed by atoms with Crippen molar-refractivity contribution in [2.24, 2.45) is 11.8 Å². The maximum absolute atomic E-state index is 12.3. The summed E-state index contributed by atoms with van der Waals surface area (Å²) in [6, 6.07) is 0. The molecule has 18 heavy (non-hydrogen) atoms. The van der Waals surface area contributed by atoms with Crippen molar-refractivity contribution < 1.29 is 9.59 Å². The van der Waals surface area contributed by atoms with Gasteiger partial charge in [0.1, 0.15) is 5.54 Å². The quantitative estimate of drug-likeness (QED) is 0.798. The molecule has 4 nitrogen and oxygen atoms in total. The molecule has 0 aromatic rings. The fourth-order valence-electron chi connectivity index (χ4n) is 2.91. The number of carbonyl (C=O) groups is 2. The number of amides is 2. The molecule has 0 bridgehead atoms. The van der Waals surface area contributed by atoms with E-state index in [0.29, 0.717) is 12.5 Å². The van der Waals surface area contributed by atoms with E-state index >= 15 is 0 Å². The molecule has 102 valence electrons. The monoisotopic (exact) mass is 252 g/mol. The van der Waals surface area contributed by atoms with Crippen LogP contribution in [0, 0.1) is 11.8 Å². The van der Waals surface area contributed by atoms with E-state index in [1.54, 1.807) is 0 Å². The molecule has 0 unspecified atom stereocenters. The Bertz CT molecular complexity index is 335. The van der Waals surface area contributed by atoms with Crippen molar-refractivity contribution in [3.8, 4) is 0 Å². The lowest BCUT2D eigenvalue weighted by Gasteiger charge is -2.36. The van der Waals surface area contributed by atoms with Crippen LogP contribution in [-0.4, -0.2) is 23.9 Å². The van der Waals surface area contributed by atoms with Crippen LogP contribution in [0.5, 0.6) is 0 Å². The van der Waals surface area contributed by atoms with Crippen molar-refractivity contribution >= 4 is 11.8 Å². The number of rotatable bonds is 4. The third kappa shape index (κ3) is 2.68. The average Bonchev–Trinajstić information content (AvgIpc) is 3.08. The van der Waals surface area contributed by atoms with Gasteiger partial charge in [0.05, 0.1) is 0 Å². The van der Waals surface area contributed by atoms with Gasteiger partial charge in [0.15, 0.2) is 0 Å². The normalized spacial score (nSPS) is 29.4. The van der Waals surface area contributed by atoms with Crippen LogP contribution in [0.15, 0.2) is 0 Å². The smallest absolute Gasteiger partial charge is 0.245 e. The average molecular weight is 252 g/mol. The van der Waals surface area contributed by atoms with Gasteiger partial charge in [-0.3, -0.25) is 9.59 Å². The minimum Gasteiger partial charge on any atom is -0.354 e. The van der Waals surface area contributed by atoms with E-state index in [4.69, 9.17) is 0 Å². The molecule has 4 heteroatoms. The third-order valence-corrected chi connectivity index (χ3v) is 4.29. The Morgan fingerprint density at radius 3 is 2.33 bits per heavy atom. The molecule has 2 saturated carbocycles. The first-order valence-electron chi connectivity index (χ1n) is 7.19. The predicted molar refractivity (Wildman–Crippen MR) is 69.9 cm³/mol. The van der Waals surface area contributed by atoms with Gasteiger partial charge in [-0.25, -0.2) is 0 Å². The van der Waals surface area contributed by atoms with E-state index < -0.39 is 5.54 Å². The summed E-state index contributed by atoms with van der Waals surface area (Å²) in [6.07, 6.45) is 5.75. The second-order valence-corrected chi connectivity index (χ2v) is 5.81. The summed E-state index contributed by atoms with van der Waals surface area (Å²) in [5.74, 6) is 0.708. The van der Waals surface area contributed by atoms with Gasteiger partial charge in [0.2, 0.25) is 11.8 Å². The Morgan fingerprint density at radius 2 is 1.83 bits per heavy atom. The summed E-state index contributed by atoms with van der Waals surface area (Å²) in [7, 11) is 0. The van der Waals surface area contributed by atoms with E-state index in [1.807, 2.05) is 6.92 Å². The highest BCUT2D eigenvalue weighted by Crippen LogP contribution is 2.39. The van der Waals surface area contributed by atoms with Crippen LogP contribution in [-0.2, 0) is 9.59 Å². The minimum atomic E-state index is -0.631. The maximum atomic E-state index is 12.3. The predicted octanol–water partition coefficient (Wildman–Crippen LogP) is 1.60. The summed E-state index contributed by atoms with van der Waals surface area (Å²) in [5, 5.41) is 5.94. The Morgan fingerprint density at radius 1 is 1.22 bits per heavy atom. The van der Waals surface area contributed by atoms with Crippen LogP contribution >= 0.6 is 0 Å². The lowest BCUT2D eigenvalue weighted by Crippen LogP contribution is -2.60. The summed E-state index contributed by atoms with van der Waals surface area (Å²) < 4.78 is 0. The highest BCUT2D eigenvalue weighted by atomic mass is 16.2. The molecule has 0 aromatic carbocycles.